The van der Waals surface area contributed by atoms with Crippen molar-refractivity contribution in [1.29, 1.82) is 0 Å². The summed E-state index contributed by atoms with van der Waals surface area (Å²) < 4.78 is 78.7. The van der Waals surface area contributed by atoms with Crippen LogP contribution in [0.3, 0.4) is 0 Å². The van der Waals surface area contributed by atoms with Gasteiger partial charge in [0.05, 0.1) is 26.1 Å². The number of sulfonamides is 1. The number of ether oxygens (including phenoxy) is 1. The van der Waals surface area contributed by atoms with Crippen LogP contribution in [0.5, 0.6) is 0 Å². The zero-order valence-electron chi connectivity index (χ0n) is 24.0. The summed E-state index contributed by atoms with van der Waals surface area (Å²) in [6.07, 6.45) is 3.76. The van der Waals surface area contributed by atoms with Crippen molar-refractivity contribution in [3.05, 3.63) is 47.3 Å². The molecule has 0 bridgehead atoms. The highest BCUT2D eigenvalue weighted by Gasteiger charge is 2.22. The van der Waals surface area contributed by atoms with Gasteiger partial charge in [-0.05, 0) is 45.3 Å². The molecule has 0 spiro atoms. The van der Waals surface area contributed by atoms with Gasteiger partial charge in [0, 0.05) is 51.1 Å². The number of nitrogens with one attached hydrogen (secondary N) is 2. The van der Waals surface area contributed by atoms with E-state index in [9.17, 15) is 13.2 Å². The van der Waals surface area contributed by atoms with Crippen LogP contribution in [0.4, 0.5) is 14.9 Å². The Kier molecular flexibility index (Phi) is 6.85. The fraction of sp³-hybridized carbons (Fsp3) is 0.391. The first-order valence-electron chi connectivity index (χ1n) is 12.7. The van der Waals surface area contributed by atoms with E-state index in [0.717, 1.165) is 23.9 Å². The fourth-order valence-electron chi connectivity index (χ4n) is 3.32. The van der Waals surface area contributed by atoms with Crippen LogP contribution < -0.4 is 10.0 Å². The molecule has 36 heavy (non-hydrogen) atoms. The number of anilines is 1. The van der Waals surface area contributed by atoms with Gasteiger partial charge in [-0.25, -0.2) is 27.6 Å². The lowest BCUT2D eigenvalue weighted by Gasteiger charge is -2.12. The standard InChI is InChI=1S/C23H28ClFN6O4S/c1-13(2)31-12-17(18-8-9-26-20(28-18)7-6-14(3)27-23(32)35-4)22(29-31)16-10-15(24)11-19(21(16)25)30-36(5,33)34/h8-14,30H,6-7H2,1-5H3,(H,27,32)/t14-/m1/s1/i1D3,13D/t13?,14-. The monoisotopic (exact) mass is 542 g/mol. The number of nitrogens with zero attached hydrogens (tertiary/aromatic N) is 4. The summed E-state index contributed by atoms with van der Waals surface area (Å²) in [5.74, 6) is -0.649. The summed E-state index contributed by atoms with van der Waals surface area (Å²) in [4.78, 5) is 20.2. The summed E-state index contributed by atoms with van der Waals surface area (Å²) in [6, 6.07) is 1.27. The first-order chi connectivity index (χ1) is 18.4. The molecule has 10 nitrogen and oxygen atoms in total. The van der Waals surface area contributed by atoms with Crippen LogP contribution in [0.15, 0.2) is 30.6 Å². The molecule has 2 N–H and O–H groups in total. The van der Waals surface area contributed by atoms with E-state index in [4.69, 9.17) is 17.1 Å². The molecule has 3 rings (SSSR count). The molecule has 2 aromatic heterocycles. The second-order valence-corrected chi connectivity index (χ2v) is 10.2. The third-order valence-electron chi connectivity index (χ3n) is 4.98. The fourth-order valence-corrected chi connectivity index (χ4v) is 4.08. The van der Waals surface area contributed by atoms with Gasteiger partial charge < -0.3 is 10.1 Å². The van der Waals surface area contributed by atoms with E-state index in [1.165, 1.54) is 31.6 Å². The van der Waals surface area contributed by atoms with Crippen LogP contribution in [0, 0.1) is 5.82 Å². The lowest BCUT2D eigenvalue weighted by molar-refractivity contribution is 0.167. The van der Waals surface area contributed by atoms with Gasteiger partial charge in [-0.1, -0.05) is 11.6 Å². The summed E-state index contributed by atoms with van der Waals surface area (Å²) >= 11 is 6.18. The van der Waals surface area contributed by atoms with Crippen molar-refractivity contribution in [2.24, 2.45) is 0 Å². The maximum absolute atomic E-state index is 15.7. The van der Waals surface area contributed by atoms with Crippen LogP contribution in [-0.4, -0.2) is 53.7 Å². The summed E-state index contributed by atoms with van der Waals surface area (Å²) in [5.41, 5.74) is -0.420. The minimum Gasteiger partial charge on any atom is -0.453 e. The van der Waals surface area contributed by atoms with Gasteiger partial charge >= 0.3 is 6.09 Å². The van der Waals surface area contributed by atoms with Gasteiger partial charge in [-0.2, -0.15) is 5.10 Å². The number of benzene rings is 1. The van der Waals surface area contributed by atoms with Crippen molar-refractivity contribution in [2.75, 3.05) is 18.1 Å². The molecule has 0 saturated heterocycles. The third kappa shape index (κ3) is 6.91. The van der Waals surface area contributed by atoms with Gasteiger partial charge in [0.15, 0.2) is 5.82 Å². The van der Waals surface area contributed by atoms with Gasteiger partial charge in [-0.3, -0.25) is 9.40 Å². The second-order valence-electron chi connectivity index (χ2n) is 8.04. The number of carbonyl (C=O) groups excluding carboxylic acids is 1. The van der Waals surface area contributed by atoms with E-state index in [2.05, 4.69) is 29.8 Å². The molecule has 1 unspecified atom stereocenters. The number of aromatic nitrogens is 4. The maximum Gasteiger partial charge on any atom is 0.407 e. The van der Waals surface area contributed by atoms with Crippen molar-refractivity contribution < 1.29 is 27.8 Å². The number of rotatable bonds is 9. The first-order valence-corrected chi connectivity index (χ1v) is 12.9. The molecule has 1 amide bonds. The third-order valence-corrected chi connectivity index (χ3v) is 5.79. The second kappa shape index (κ2) is 11.2. The normalized spacial score (nSPS) is 16.1. The zero-order valence-corrected chi connectivity index (χ0v) is 21.5. The van der Waals surface area contributed by atoms with Gasteiger partial charge in [-0.15, -0.1) is 0 Å². The average molecular weight is 543 g/mol. The molecule has 3 aromatic rings. The van der Waals surface area contributed by atoms with E-state index in [1.54, 1.807) is 6.92 Å². The Bertz CT molecular complexity index is 1520. The van der Waals surface area contributed by atoms with E-state index < -0.39 is 40.5 Å². The van der Waals surface area contributed by atoms with Gasteiger partial charge in [0.2, 0.25) is 10.0 Å². The number of carbonyl (C=O) groups is 1. The minimum atomic E-state index is -3.88. The van der Waals surface area contributed by atoms with Crippen LogP contribution >= 0.6 is 11.6 Å². The van der Waals surface area contributed by atoms with Crippen molar-refractivity contribution >= 4 is 33.4 Å². The van der Waals surface area contributed by atoms with E-state index in [-0.39, 0.29) is 33.6 Å². The summed E-state index contributed by atoms with van der Waals surface area (Å²) in [7, 11) is -2.62. The van der Waals surface area contributed by atoms with Gasteiger partial charge in [0.25, 0.3) is 0 Å². The molecule has 2 atom stereocenters. The van der Waals surface area contributed by atoms with Crippen LogP contribution in [0.2, 0.25) is 5.02 Å². The quantitative estimate of drug-likeness (QED) is 0.409. The maximum atomic E-state index is 15.7. The smallest absolute Gasteiger partial charge is 0.407 e. The number of alkyl carbamates (subject to hydrolysis) is 1. The predicted molar refractivity (Wildman–Crippen MR) is 136 cm³/mol. The number of aryl methyl sites for hydroxylation is 1. The molecule has 0 aliphatic carbocycles. The van der Waals surface area contributed by atoms with Crippen molar-refractivity contribution in [3.63, 3.8) is 0 Å². The molecule has 13 heteroatoms. The highest BCUT2D eigenvalue weighted by atomic mass is 35.5. The Labute approximate surface area is 219 Å². The average Bonchev–Trinajstić information content (AvgIpc) is 3.29. The first kappa shape index (κ1) is 22.0. The number of halogens is 2. The number of methoxy groups -OCH3 is 1. The highest BCUT2D eigenvalue weighted by molar-refractivity contribution is 7.92. The molecule has 1 aromatic carbocycles. The Balaban J connectivity index is 2.15. The number of hydrogen-bond acceptors (Lipinski definition) is 7. The molecular formula is C23H28ClFN6O4S. The molecule has 0 saturated carbocycles. The van der Waals surface area contributed by atoms with Gasteiger partial charge in [0.1, 0.15) is 11.5 Å². The molecule has 0 radical (unpaired) electrons. The van der Waals surface area contributed by atoms with E-state index in [1.807, 2.05) is 0 Å². The van der Waals surface area contributed by atoms with Crippen LogP contribution in [0.1, 0.15) is 44.4 Å². The highest BCUT2D eigenvalue weighted by Crippen LogP contribution is 2.37. The lowest BCUT2D eigenvalue weighted by atomic mass is 10.0. The number of hydrogen-bond donors (Lipinski definition) is 2. The van der Waals surface area contributed by atoms with Crippen LogP contribution in [-0.2, 0) is 21.2 Å². The Morgan fingerprint density at radius 3 is 2.78 bits per heavy atom. The van der Waals surface area contributed by atoms with Crippen molar-refractivity contribution in [2.45, 2.75) is 45.6 Å². The molecular weight excluding hydrogens is 511 g/mol. The van der Waals surface area contributed by atoms with Crippen molar-refractivity contribution in [3.8, 4) is 22.5 Å². The van der Waals surface area contributed by atoms with Crippen molar-refractivity contribution in [1.82, 2.24) is 25.1 Å². The lowest BCUT2D eigenvalue weighted by Crippen LogP contribution is -2.32. The molecule has 0 aliphatic heterocycles. The Morgan fingerprint density at radius 1 is 1.36 bits per heavy atom. The molecule has 194 valence electrons. The van der Waals surface area contributed by atoms with Crippen LogP contribution in [0.25, 0.3) is 22.5 Å². The predicted octanol–water partition coefficient (Wildman–Crippen LogP) is 4.43. The topological polar surface area (TPSA) is 128 Å². The minimum absolute atomic E-state index is 0.0250. The molecule has 0 fully saturated rings. The summed E-state index contributed by atoms with van der Waals surface area (Å²) in [6.45, 7) is 0.0898. The van der Waals surface area contributed by atoms with E-state index >= 15 is 4.39 Å². The van der Waals surface area contributed by atoms with E-state index in [0.29, 0.717) is 18.7 Å². The molecule has 0 aliphatic rings. The molecule has 2 heterocycles. The SMILES string of the molecule is [2H]C([2H])([2H])C([2H])(C)n1cc(-c2ccnc(CC[C@@H](C)NC(=O)OC)n2)c(-c2cc(Cl)cc(NS(C)(=O)=O)c2F)n1. The Hall–Kier alpha value is -3.25. The number of amides is 1. The zero-order chi connectivity index (χ0) is 30.0. The Morgan fingerprint density at radius 2 is 2.11 bits per heavy atom. The summed E-state index contributed by atoms with van der Waals surface area (Å²) in [5, 5.41) is 6.86. The largest absolute Gasteiger partial charge is 0.453 e.